The van der Waals surface area contributed by atoms with Crippen molar-refractivity contribution >= 4 is 17.2 Å². The summed E-state index contributed by atoms with van der Waals surface area (Å²) in [7, 11) is 1.66. The molecule has 0 spiro atoms. The van der Waals surface area contributed by atoms with Crippen LogP contribution in [0, 0.1) is 6.92 Å². The largest absolute Gasteiger partial charge is 0.354 e. The van der Waals surface area contributed by atoms with Gasteiger partial charge in [0.05, 0.1) is 4.88 Å². The molecule has 0 unspecified atom stereocenters. The molecule has 0 saturated heterocycles. The van der Waals surface area contributed by atoms with Gasteiger partial charge < -0.3 is 5.32 Å². The van der Waals surface area contributed by atoms with Crippen LogP contribution in [-0.2, 0) is 6.42 Å². The quantitative estimate of drug-likeness (QED) is 0.746. The molecule has 1 heterocycles. The van der Waals surface area contributed by atoms with Gasteiger partial charge in [0.2, 0.25) is 0 Å². The number of thiophene rings is 1. The van der Waals surface area contributed by atoms with E-state index in [0.29, 0.717) is 0 Å². The van der Waals surface area contributed by atoms with Gasteiger partial charge in [0.15, 0.2) is 0 Å². The molecule has 0 atom stereocenters. The number of rotatable bonds is 2. The minimum atomic E-state index is 0.0165. The van der Waals surface area contributed by atoms with Gasteiger partial charge in [-0.1, -0.05) is 6.92 Å². The molecule has 1 aromatic heterocycles. The Labute approximate surface area is 76.6 Å². The van der Waals surface area contributed by atoms with E-state index in [1.54, 1.807) is 18.4 Å². The molecule has 0 radical (unpaired) electrons. The molecule has 66 valence electrons. The average Bonchev–Trinajstić information content (AvgIpc) is 2.45. The third kappa shape index (κ3) is 1.67. The molecule has 2 nitrogen and oxygen atoms in total. The van der Waals surface area contributed by atoms with Crippen molar-refractivity contribution in [3.05, 3.63) is 21.4 Å². The molecule has 1 rings (SSSR count). The van der Waals surface area contributed by atoms with Crippen LogP contribution in [0.2, 0.25) is 0 Å². The van der Waals surface area contributed by atoms with Crippen LogP contribution in [0.5, 0.6) is 0 Å². The number of carbonyl (C=O) groups is 1. The summed E-state index contributed by atoms with van der Waals surface area (Å²) >= 11 is 1.58. The van der Waals surface area contributed by atoms with Gasteiger partial charge >= 0.3 is 0 Å². The molecular weight excluding hydrogens is 170 g/mol. The Morgan fingerprint density at radius 1 is 1.67 bits per heavy atom. The van der Waals surface area contributed by atoms with Crippen LogP contribution in [-0.4, -0.2) is 13.0 Å². The highest BCUT2D eigenvalue weighted by atomic mass is 32.1. The maximum Gasteiger partial charge on any atom is 0.261 e. The zero-order chi connectivity index (χ0) is 9.14. The predicted octanol–water partition coefficient (Wildman–Crippen LogP) is 1.98. The van der Waals surface area contributed by atoms with Crippen LogP contribution in [0.1, 0.15) is 27.0 Å². The first-order valence-corrected chi connectivity index (χ1v) is 4.82. The molecule has 0 bridgehead atoms. The summed E-state index contributed by atoms with van der Waals surface area (Å²) in [6.07, 6.45) is 1.01. The van der Waals surface area contributed by atoms with Gasteiger partial charge in [-0.3, -0.25) is 4.79 Å². The fourth-order valence-corrected chi connectivity index (χ4v) is 2.17. The zero-order valence-corrected chi connectivity index (χ0v) is 8.42. The summed E-state index contributed by atoms with van der Waals surface area (Å²) in [6, 6.07) is 1.95. The fraction of sp³-hybridized carbons (Fsp3) is 0.444. The molecule has 1 aromatic rings. The molecule has 0 aliphatic heterocycles. The molecule has 0 fully saturated rings. The van der Waals surface area contributed by atoms with E-state index in [1.165, 1.54) is 10.4 Å². The highest BCUT2D eigenvalue weighted by Gasteiger charge is 2.08. The van der Waals surface area contributed by atoms with Crippen molar-refractivity contribution < 1.29 is 4.79 Å². The Morgan fingerprint density at radius 2 is 2.33 bits per heavy atom. The van der Waals surface area contributed by atoms with Crippen LogP contribution in [0.4, 0.5) is 0 Å². The first-order chi connectivity index (χ1) is 5.69. The molecule has 3 heteroatoms. The molecule has 0 aromatic carbocycles. The van der Waals surface area contributed by atoms with Gasteiger partial charge in [-0.2, -0.15) is 0 Å². The van der Waals surface area contributed by atoms with Gasteiger partial charge in [0.1, 0.15) is 0 Å². The summed E-state index contributed by atoms with van der Waals surface area (Å²) < 4.78 is 0. The van der Waals surface area contributed by atoms with Crippen molar-refractivity contribution in [3.8, 4) is 0 Å². The highest BCUT2D eigenvalue weighted by molar-refractivity contribution is 7.14. The van der Waals surface area contributed by atoms with E-state index in [-0.39, 0.29) is 5.91 Å². The third-order valence-corrected chi connectivity index (χ3v) is 3.17. The van der Waals surface area contributed by atoms with Crippen LogP contribution >= 0.6 is 11.3 Å². The number of amides is 1. The van der Waals surface area contributed by atoms with E-state index >= 15 is 0 Å². The maximum absolute atomic E-state index is 11.2. The van der Waals surface area contributed by atoms with Crippen molar-refractivity contribution in [1.29, 1.82) is 0 Å². The Balaban J connectivity index is 2.96. The van der Waals surface area contributed by atoms with Crippen molar-refractivity contribution in [3.63, 3.8) is 0 Å². The van der Waals surface area contributed by atoms with Crippen molar-refractivity contribution in [1.82, 2.24) is 5.32 Å². The van der Waals surface area contributed by atoms with Gasteiger partial charge in [-0.15, -0.1) is 11.3 Å². The second kappa shape index (κ2) is 3.72. The van der Waals surface area contributed by atoms with E-state index in [4.69, 9.17) is 0 Å². The van der Waals surface area contributed by atoms with Gasteiger partial charge in [0, 0.05) is 11.9 Å². The molecule has 0 aliphatic carbocycles. The van der Waals surface area contributed by atoms with E-state index in [1.807, 2.05) is 13.0 Å². The van der Waals surface area contributed by atoms with Gasteiger partial charge in [0.25, 0.3) is 5.91 Å². The van der Waals surface area contributed by atoms with Gasteiger partial charge in [-0.25, -0.2) is 0 Å². The number of hydrogen-bond donors (Lipinski definition) is 1. The average molecular weight is 183 g/mol. The first-order valence-electron chi connectivity index (χ1n) is 4.00. The second-order valence-electron chi connectivity index (χ2n) is 2.65. The van der Waals surface area contributed by atoms with Crippen LogP contribution in [0.25, 0.3) is 0 Å². The van der Waals surface area contributed by atoms with Crippen molar-refractivity contribution in [2.75, 3.05) is 7.05 Å². The molecule has 1 amide bonds. The summed E-state index contributed by atoms with van der Waals surface area (Å²) in [6.45, 7) is 4.15. The van der Waals surface area contributed by atoms with E-state index < -0.39 is 0 Å². The first kappa shape index (κ1) is 9.26. The lowest BCUT2D eigenvalue weighted by Crippen LogP contribution is -2.16. The molecule has 12 heavy (non-hydrogen) atoms. The lowest BCUT2D eigenvalue weighted by Gasteiger charge is -1.91. The lowest BCUT2D eigenvalue weighted by atomic mass is 10.2. The molecule has 1 N–H and O–H groups in total. The summed E-state index contributed by atoms with van der Waals surface area (Å²) in [4.78, 5) is 13.3. The monoisotopic (exact) mass is 183 g/mol. The minimum Gasteiger partial charge on any atom is -0.354 e. The van der Waals surface area contributed by atoms with Crippen LogP contribution in [0.15, 0.2) is 6.07 Å². The second-order valence-corrected chi connectivity index (χ2v) is 3.79. The number of carbonyl (C=O) groups excluding carboxylic acids is 1. The summed E-state index contributed by atoms with van der Waals surface area (Å²) in [5.74, 6) is 0.0165. The topological polar surface area (TPSA) is 29.1 Å². The Hall–Kier alpha value is -0.830. The smallest absolute Gasteiger partial charge is 0.261 e. The van der Waals surface area contributed by atoms with Crippen LogP contribution in [0.3, 0.4) is 0 Å². The standard InChI is InChI=1S/C9H13NOS/c1-4-7-6(2)5-8(12-7)9(11)10-3/h5H,4H2,1-3H3,(H,10,11). The van der Waals surface area contributed by atoms with Crippen molar-refractivity contribution in [2.45, 2.75) is 20.3 Å². The number of nitrogens with one attached hydrogen (secondary N) is 1. The highest BCUT2D eigenvalue weighted by Crippen LogP contribution is 2.21. The Morgan fingerprint density at radius 3 is 2.75 bits per heavy atom. The zero-order valence-electron chi connectivity index (χ0n) is 7.60. The summed E-state index contributed by atoms with van der Waals surface area (Å²) in [5.41, 5.74) is 1.22. The molecule has 0 aliphatic rings. The lowest BCUT2D eigenvalue weighted by molar-refractivity contribution is 0.0967. The Kier molecular flexibility index (Phi) is 2.87. The Bertz CT molecular complexity index is 291. The van der Waals surface area contributed by atoms with E-state index in [2.05, 4.69) is 12.2 Å². The third-order valence-electron chi connectivity index (χ3n) is 1.79. The van der Waals surface area contributed by atoms with Gasteiger partial charge in [-0.05, 0) is 25.0 Å². The predicted molar refractivity (Wildman–Crippen MR) is 51.8 cm³/mol. The molecular formula is C9H13NOS. The fourth-order valence-electron chi connectivity index (χ4n) is 1.11. The van der Waals surface area contributed by atoms with E-state index in [9.17, 15) is 4.79 Å². The summed E-state index contributed by atoms with van der Waals surface area (Å²) in [5, 5.41) is 2.62. The number of aryl methyl sites for hydroxylation is 2. The number of hydrogen-bond acceptors (Lipinski definition) is 2. The SMILES string of the molecule is CCc1sc(C(=O)NC)cc1C. The minimum absolute atomic E-state index is 0.0165. The normalized spacial score (nSPS) is 9.92. The maximum atomic E-state index is 11.2. The molecule has 0 saturated carbocycles. The van der Waals surface area contributed by atoms with Crippen molar-refractivity contribution in [2.24, 2.45) is 0 Å². The van der Waals surface area contributed by atoms with Crippen LogP contribution < -0.4 is 5.32 Å². The van der Waals surface area contributed by atoms with E-state index in [0.717, 1.165) is 11.3 Å².